The Labute approximate surface area is 163 Å². The minimum Gasteiger partial charge on any atom is -0.356 e. The van der Waals surface area contributed by atoms with Crippen molar-refractivity contribution in [1.82, 2.24) is 25.3 Å². The van der Waals surface area contributed by atoms with E-state index in [2.05, 4.69) is 38.7 Å². The minimum atomic E-state index is 0. The van der Waals surface area contributed by atoms with E-state index in [0.717, 1.165) is 38.1 Å². The SMILES string of the molecule is CCC1CCCCN1CCNC(=NC)NCCc1cnn(C)c1.I. The summed E-state index contributed by atoms with van der Waals surface area (Å²) in [5, 5.41) is 11.0. The first-order valence-corrected chi connectivity index (χ1v) is 8.89. The quantitative estimate of drug-likeness (QED) is 0.381. The second kappa shape index (κ2) is 11.7. The van der Waals surface area contributed by atoms with Crippen LogP contribution in [0.1, 0.15) is 38.2 Å². The number of halogens is 1. The fourth-order valence-electron chi connectivity index (χ4n) is 3.28. The van der Waals surface area contributed by atoms with Gasteiger partial charge in [-0.1, -0.05) is 13.3 Å². The van der Waals surface area contributed by atoms with Gasteiger partial charge in [-0.15, -0.1) is 24.0 Å². The Morgan fingerprint density at radius 3 is 2.79 bits per heavy atom. The van der Waals surface area contributed by atoms with Gasteiger partial charge in [-0.2, -0.15) is 5.10 Å². The maximum Gasteiger partial charge on any atom is 0.191 e. The molecule has 1 atom stereocenters. The van der Waals surface area contributed by atoms with Crippen LogP contribution in [0.25, 0.3) is 0 Å². The van der Waals surface area contributed by atoms with Crippen LogP contribution >= 0.6 is 24.0 Å². The number of hydrogen-bond donors (Lipinski definition) is 2. The lowest BCUT2D eigenvalue weighted by Gasteiger charge is -2.35. The van der Waals surface area contributed by atoms with Crippen molar-refractivity contribution in [2.75, 3.05) is 33.2 Å². The summed E-state index contributed by atoms with van der Waals surface area (Å²) in [6.45, 7) is 6.46. The first kappa shape index (κ1) is 21.2. The molecule has 0 radical (unpaired) electrons. The van der Waals surface area contributed by atoms with Crippen LogP contribution in [0.3, 0.4) is 0 Å². The van der Waals surface area contributed by atoms with Gasteiger partial charge in [0.25, 0.3) is 0 Å². The highest BCUT2D eigenvalue weighted by molar-refractivity contribution is 14.0. The molecule has 0 bridgehead atoms. The molecule has 1 fully saturated rings. The smallest absolute Gasteiger partial charge is 0.191 e. The van der Waals surface area contributed by atoms with Gasteiger partial charge in [0.15, 0.2) is 5.96 Å². The molecule has 0 aliphatic carbocycles. The van der Waals surface area contributed by atoms with E-state index in [0.29, 0.717) is 0 Å². The van der Waals surface area contributed by atoms with Crippen molar-refractivity contribution >= 4 is 29.9 Å². The number of nitrogens with zero attached hydrogens (tertiary/aromatic N) is 4. The van der Waals surface area contributed by atoms with Crippen molar-refractivity contribution in [3.05, 3.63) is 18.0 Å². The van der Waals surface area contributed by atoms with Crippen LogP contribution in [0.15, 0.2) is 17.4 Å². The van der Waals surface area contributed by atoms with Crippen LogP contribution in [0.5, 0.6) is 0 Å². The van der Waals surface area contributed by atoms with E-state index in [9.17, 15) is 0 Å². The molecule has 2 heterocycles. The molecule has 0 amide bonds. The molecule has 24 heavy (non-hydrogen) atoms. The van der Waals surface area contributed by atoms with Crippen LogP contribution in [0.4, 0.5) is 0 Å². The Kier molecular flexibility index (Phi) is 10.3. The number of piperidine rings is 1. The normalized spacial score (nSPS) is 19.0. The van der Waals surface area contributed by atoms with Crippen LogP contribution in [-0.2, 0) is 13.5 Å². The summed E-state index contributed by atoms with van der Waals surface area (Å²) in [4.78, 5) is 6.93. The molecule has 2 rings (SSSR count). The maximum absolute atomic E-state index is 4.30. The molecular weight excluding hydrogens is 415 g/mol. The summed E-state index contributed by atoms with van der Waals surface area (Å²) in [5.74, 6) is 0.888. The van der Waals surface area contributed by atoms with Gasteiger partial charge in [0, 0.05) is 46.0 Å². The van der Waals surface area contributed by atoms with Crippen molar-refractivity contribution in [3.63, 3.8) is 0 Å². The lowest BCUT2D eigenvalue weighted by molar-refractivity contribution is 0.147. The second-order valence-corrected chi connectivity index (χ2v) is 6.29. The summed E-state index contributed by atoms with van der Waals surface area (Å²) in [7, 11) is 3.77. The second-order valence-electron chi connectivity index (χ2n) is 6.29. The Morgan fingerprint density at radius 2 is 2.12 bits per heavy atom. The third kappa shape index (κ3) is 6.96. The molecule has 0 saturated carbocycles. The molecule has 7 heteroatoms. The lowest BCUT2D eigenvalue weighted by Crippen LogP contribution is -2.46. The van der Waals surface area contributed by atoms with E-state index < -0.39 is 0 Å². The summed E-state index contributed by atoms with van der Waals surface area (Å²) < 4.78 is 1.84. The van der Waals surface area contributed by atoms with Crippen LogP contribution in [0, 0.1) is 0 Å². The Hall–Kier alpha value is -0.830. The molecule has 138 valence electrons. The predicted molar refractivity (Wildman–Crippen MR) is 111 cm³/mol. The standard InChI is InChI=1S/C17H32N6.HI/c1-4-16-7-5-6-11-23(16)12-10-20-17(18-2)19-9-8-15-13-21-22(3)14-15;/h13-14,16H,4-12H2,1-3H3,(H2,18,19,20);1H. The number of hydrogen-bond acceptors (Lipinski definition) is 3. The van der Waals surface area contributed by atoms with E-state index in [4.69, 9.17) is 0 Å². The predicted octanol–water partition coefficient (Wildman–Crippen LogP) is 2.01. The Morgan fingerprint density at radius 1 is 1.33 bits per heavy atom. The van der Waals surface area contributed by atoms with Crippen LogP contribution in [-0.4, -0.2) is 59.9 Å². The molecule has 1 aromatic heterocycles. The van der Waals surface area contributed by atoms with Gasteiger partial charge in [0.1, 0.15) is 0 Å². The van der Waals surface area contributed by atoms with Gasteiger partial charge in [-0.3, -0.25) is 14.6 Å². The molecule has 2 N–H and O–H groups in total. The van der Waals surface area contributed by atoms with E-state index >= 15 is 0 Å². The largest absolute Gasteiger partial charge is 0.356 e. The number of aromatic nitrogens is 2. The average molecular weight is 448 g/mol. The molecular formula is C17H33IN6. The first-order chi connectivity index (χ1) is 11.2. The fraction of sp³-hybridized carbons (Fsp3) is 0.765. The first-order valence-electron chi connectivity index (χ1n) is 8.89. The van der Waals surface area contributed by atoms with E-state index in [-0.39, 0.29) is 24.0 Å². The Balaban J connectivity index is 0.00000288. The van der Waals surface area contributed by atoms with Gasteiger partial charge < -0.3 is 10.6 Å². The highest BCUT2D eigenvalue weighted by Gasteiger charge is 2.19. The van der Waals surface area contributed by atoms with Gasteiger partial charge in [-0.25, -0.2) is 0 Å². The average Bonchev–Trinajstić information content (AvgIpc) is 2.99. The lowest BCUT2D eigenvalue weighted by atomic mass is 10.0. The Bertz CT molecular complexity index is 487. The summed E-state index contributed by atoms with van der Waals surface area (Å²) in [6.07, 6.45) is 10.3. The summed E-state index contributed by atoms with van der Waals surface area (Å²) in [5.41, 5.74) is 1.24. The van der Waals surface area contributed by atoms with Crippen molar-refractivity contribution in [3.8, 4) is 0 Å². The topological polar surface area (TPSA) is 57.5 Å². The highest BCUT2D eigenvalue weighted by Crippen LogP contribution is 2.18. The zero-order valence-electron chi connectivity index (χ0n) is 15.3. The number of guanidine groups is 1. The third-order valence-corrected chi connectivity index (χ3v) is 4.60. The monoisotopic (exact) mass is 448 g/mol. The van der Waals surface area contributed by atoms with Crippen molar-refractivity contribution < 1.29 is 0 Å². The molecule has 1 unspecified atom stereocenters. The molecule has 1 aliphatic rings. The van der Waals surface area contributed by atoms with E-state index in [1.165, 1.54) is 37.8 Å². The minimum absolute atomic E-state index is 0. The van der Waals surface area contributed by atoms with Crippen molar-refractivity contribution in [1.29, 1.82) is 0 Å². The summed E-state index contributed by atoms with van der Waals surface area (Å²) in [6, 6.07) is 0.770. The summed E-state index contributed by atoms with van der Waals surface area (Å²) >= 11 is 0. The third-order valence-electron chi connectivity index (χ3n) is 4.60. The van der Waals surface area contributed by atoms with Gasteiger partial charge in [-0.05, 0) is 37.8 Å². The van der Waals surface area contributed by atoms with Gasteiger partial charge in [0.2, 0.25) is 0 Å². The number of nitrogens with one attached hydrogen (secondary N) is 2. The molecule has 0 aromatic carbocycles. The zero-order chi connectivity index (χ0) is 16.5. The molecule has 1 aliphatic heterocycles. The van der Waals surface area contributed by atoms with Crippen LogP contribution in [0.2, 0.25) is 0 Å². The van der Waals surface area contributed by atoms with E-state index in [1.54, 1.807) is 0 Å². The number of aliphatic imine (C=N–C) groups is 1. The number of rotatable bonds is 7. The van der Waals surface area contributed by atoms with Gasteiger partial charge in [0.05, 0.1) is 6.20 Å². The molecule has 1 aromatic rings. The van der Waals surface area contributed by atoms with Crippen molar-refractivity contribution in [2.45, 2.75) is 45.1 Å². The van der Waals surface area contributed by atoms with E-state index in [1.807, 2.05) is 25.0 Å². The molecule has 1 saturated heterocycles. The van der Waals surface area contributed by atoms with Crippen molar-refractivity contribution in [2.24, 2.45) is 12.0 Å². The molecule has 0 spiro atoms. The molecule has 6 nitrogen and oxygen atoms in total. The fourth-order valence-corrected chi connectivity index (χ4v) is 3.28. The zero-order valence-corrected chi connectivity index (χ0v) is 17.6. The van der Waals surface area contributed by atoms with Crippen LogP contribution < -0.4 is 10.6 Å². The number of aryl methyl sites for hydroxylation is 1. The highest BCUT2D eigenvalue weighted by atomic mass is 127. The van der Waals surface area contributed by atoms with Gasteiger partial charge >= 0.3 is 0 Å². The maximum atomic E-state index is 4.30. The number of likely N-dealkylation sites (tertiary alicyclic amines) is 1.